The molecular weight excluding hydrogens is 263 g/mol. The van der Waals surface area contributed by atoms with Gasteiger partial charge in [-0.3, -0.25) is 4.90 Å². The zero-order chi connectivity index (χ0) is 13.2. The van der Waals surface area contributed by atoms with E-state index in [2.05, 4.69) is 10.2 Å². The van der Waals surface area contributed by atoms with Crippen molar-refractivity contribution in [2.45, 2.75) is 44.3 Å². The van der Waals surface area contributed by atoms with Crippen molar-refractivity contribution in [3.8, 4) is 0 Å². The van der Waals surface area contributed by atoms with Crippen molar-refractivity contribution in [1.29, 1.82) is 0 Å². The van der Waals surface area contributed by atoms with Crippen molar-refractivity contribution in [3.05, 3.63) is 34.6 Å². The van der Waals surface area contributed by atoms with E-state index in [-0.39, 0.29) is 5.82 Å². The lowest BCUT2D eigenvalue weighted by molar-refractivity contribution is 0.228. The molecule has 2 fully saturated rings. The molecule has 1 aliphatic carbocycles. The molecule has 1 aromatic rings. The van der Waals surface area contributed by atoms with Crippen molar-refractivity contribution >= 4 is 11.6 Å². The van der Waals surface area contributed by atoms with E-state index in [1.807, 2.05) is 0 Å². The first-order valence-corrected chi connectivity index (χ1v) is 7.52. The van der Waals surface area contributed by atoms with Crippen LogP contribution in [-0.4, -0.2) is 30.1 Å². The molecule has 2 aliphatic rings. The van der Waals surface area contributed by atoms with Crippen molar-refractivity contribution in [1.82, 2.24) is 10.2 Å². The summed E-state index contributed by atoms with van der Waals surface area (Å²) in [6.07, 6.45) is 4.95. The molecule has 0 radical (unpaired) electrons. The summed E-state index contributed by atoms with van der Waals surface area (Å²) in [7, 11) is 0. The molecule has 2 nitrogen and oxygen atoms in total. The number of rotatable bonds is 5. The molecule has 0 aromatic heterocycles. The summed E-state index contributed by atoms with van der Waals surface area (Å²) in [6.45, 7) is 2.76. The lowest BCUT2D eigenvalue weighted by Crippen LogP contribution is -2.38. The Morgan fingerprint density at radius 3 is 2.79 bits per heavy atom. The van der Waals surface area contributed by atoms with Gasteiger partial charge in [-0.15, -0.1) is 0 Å². The molecular formula is C15H20ClFN2. The maximum atomic E-state index is 13.9. The van der Waals surface area contributed by atoms with Gasteiger partial charge < -0.3 is 5.32 Å². The third-order valence-corrected chi connectivity index (χ3v) is 4.46. The summed E-state index contributed by atoms with van der Waals surface area (Å²) in [6, 6.07) is 6.13. The summed E-state index contributed by atoms with van der Waals surface area (Å²) >= 11 is 6.13. The molecule has 1 saturated heterocycles. The Balaban J connectivity index is 1.70. The topological polar surface area (TPSA) is 15.3 Å². The van der Waals surface area contributed by atoms with Gasteiger partial charge in [0.25, 0.3) is 0 Å². The fraction of sp³-hybridized carbons (Fsp3) is 0.600. The number of hydrogen-bond donors (Lipinski definition) is 1. The molecule has 1 aliphatic heterocycles. The number of halogens is 2. The van der Waals surface area contributed by atoms with E-state index in [9.17, 15) is 4.39 Å². The smallest absolute Gasteiger partial charge is 0.129 e. The number of hydrogen-bond acceptors (Lipinski definition) is 2. The standard InChI is InChI=1S/C15H20ClFN2/c16-14-4-1-5-15(17)13(14)10-19(12-6-7-12)9-11-3-2-8-18-11/h1,4-5,11-12,18H,2-3,6-10H2. The van der Waals surface area contributed by atoms with Crippen LogP contribution < -0.4 is 5.32 Å². The number of benzene rings is 1. The van der Waals surface area contributed by atoms with Gasteiger partial charge in [0, 0.05) is 35.8 Å². The van der Waals surface area contributed by atoms with E-state index in [0.29, 0.717) is 29.2 Å². The van der Waals surface area contributed by atoms with Crippen LogP contribution in [0.5, 0.6) is 0 Å². The summed E-state index contributed by atoms with van der Waals surface area (Å²) in [4.78, 5) is 2.40. The van der Waals surface area contributed by atoms with E-state index in [1.165, 1.54) is 31.7 Å². The third-order valence-electron chi connectivity index (χ3n) is 4.10. The Morgan fingerprint density at radius 1 is 1.32 bits per heavy atom. The molecule has 1 saturated carbocycles. The molecule has 19 heavy (non-hydrogen) atoms. The van der Waals surface area contributed by atoms with Crippen LogP contribution in [0.4, 0.5) is 4.39 Å². The van der Waals surface area contributed by atoms with Crippen LogP contribution in [0.25, 0.3) is 0 Å². The highest BCUT2D eigenvalue weighted by atomic mass is 35.5. The monoisotopic (exact) mass is 282 g/mol. The maximum absolute atomic E-state index is 13.9. The molecule has 0 spiro atoms. The van der Waals surface area contributed by atoms with Gasteiger partial charge in [0.05, 0.1) is 0 Å². The normalized spacial score (nSPS) is 23.2. The van der Waals surface area contributed by atoms with Crippen LogP contribution in [0.15, 0.2) is 18.2 Å². The fourth-order valence-corrected chi connectivity index (χ4v) is 3.09. The number of nitrogens with one attached hydrogen (secondary N) is 1. The summed E-state index contributed by atoms with van der Waals surface area (Å²) in [5.74, 6) is -0.183. The van der Waals surface area contributed by atoms with Gasteiger partial charge in [-0.1, -0.05) is 17.7 Å². The van der Waals surface area contributed by atoms with Crippen LogP contribution in [0.3, 0.4) is 0 Å². The van der Waals surface area contributed by atoms with Gasteiger partial charge in [-0.05, 0) is 44.4 Å². The molecule has 104 valence electrons. The first-order chi connectivity index (χ1) is 9.24. The highest BCUT2D eigenvalue weighted by Crippen LogP contribution is 2.31. The average molecular weight is 283 g/mol. The molecule has 1 N–H and O–H groups in total. The molecule has 1 atom stereocenters. The molecule has 1 aromatic carbocycles. The molecule has 0 bridgehead atoms. The Labute approximate surface area is 118 Å². The van der Waals surface area contributed by atoms with Crippen LogP contribution in [0.2, 0.25) is 5.02 Å². The van der Waals surface area contributed by atoms with Gasteiger partial charge in [-0.25, -0.2) is 4.39 Å². The minimum Gasteiger partial charge on any atom is -0.313 e. The van der Waals surface area contributed by atoms with E-state index < -0.39 is 0 Å². The van der Waals surface area contributed by atoms with Crippen LogP contribution in [0, 0.1) is 5.82 Å². The highest BCUT2D eigenvalue weighted by molar-refractivity contribution is 6.31. The highest BCUT2D eigenvalue weighted by Gasteiger charge is 2.32. The van der Waals surface area contributed by atoms with Crippen molar-refractivity contribution in [3.63, 3.8) is 0 Å². The maximum Gasteiger partial charge on any atom is 0.129 e. The lowest BCUT2D eigenvalue weighted by atomic mass is 10.1. The second-order valence-electron chi connectivity index (χ2n) is 5.65. The molecule has 1 unspecified atom stereocenters. The van der Waals surface area contributed by atoms with Gasteiger partial charge >= 0.3 is 0 Å². The largest absolute Gasteiger partial charge is 0.313 e. The zero-order valence-corrected chi connectivity index (χ0v) is 11.8. The molecule has 1 heterocycles. The van der Waals surface area contributed by atoms with Crippen LogP contribution in [-0.2, 0) is 6.54 Å². The van der Waals surface area contributed by atoms with Crippen molar-refractivity contribution in [2.75, 3.05) is 13.1 Å². The summed E-state index contributed by atoms with van der Waals surface area (Å²) in [5.41, 5.74) is 0.647. The second kappa shape index (κ2) is 5.78. The Bertz CT molecular complexity index is 422. The average Bonchev–Trinajstić information content (AvgIpc) is 3.11. The van der Waals surface area contributed by atoms with Gasteiger partial charge in [-0.2, -0.15) is 0 Å². The summed E-state index contributed by atoms with van der Waals surface area (Å²) < 4.78 is 13.9. The Kier molecular flexibility index (Phi) is 4.06. The fourth-order valence-electron chi connectivity index (χ4n) is 2.86. The zero-order valence-electron chi connectivity index (χ0n) is 11.0. The van der Waals surface area contributed by atoms with Gasteiger partial charge in [0.1, 0.15) is 5.82 Å². The van der Waals surface area contributed by atoms with Gasteiger partial charge in [0.15, 0.2) is 0 Å². The predicted octanol–water partition coefficient (Wildman–Crippen LogP) is 3.20. The van der Waals surface area contributed by atoms with E-state index in [1.54, 1.807) is 12.1 Å². The quantitative estimate of drug-likeness (QED) is 0.892. The van der Waals surface area contributed by atoms with Crippen molar-refractivity contribution in [2.24, 2.45) is 0 Å². The Hall–Kier alpha value is -0.640. The first-order valence-electron chi connectivity index (χ1n) is 7.14. The SMILES string of the molecule is Fc1cccc(Cl)c1CN(CC1CCCN1)C1CC1. The van der Waals surface area contributed by atoms with Crippen LogP contribution >= 0.6 is 11.6 Å². The second-order valence-corrected chi connectivity index (χ2v) is 6.06. The molecule has 0 amide bonds. The molecule has 3 rings (SSSR count). The third kappa shape index (κ3) is 3.28. The van der Waals surface area contributed by atoms with E-state index in [4.69, 9.17) is 11.6 Å². The van der Waals surface area contributed by atoms with Gasteiger partial charge in [0.2, 0.25) is 0 Å². The van der Waals surface area contributed by atoms with E-state index >= 15 is 0 Å². The molecule has 4 heteroatoms. The van der Waals surface area contributed by atoms with Crippen LogP contribution in [0.1, 0.15) is 31.2 Å². The minimum atomic E-state index is -0.183. The predicted molar refractivity (Wildman–Crippen MR) is 75.9 cm³/mol. The minimum absolute atomic E-state index is 0.183. The lowest BCUT2D eigenvalue weighted by Gasteiger charge is -2.26. The number of nitrogens with zero attached hydrogens (tertiary/aromatic N) is 1. The van der Waals surface area contributed by atoms with Crippen molar-refractivity contribution < 1.29 is 4.39 Å². The first kappa shape index (κ1) is 13.3. The van der Waals surface area contributed by atoms with E-state index in [0.717, 1.165) is 13.1 Å². The Morgan fingerprint density at radius 2 is 2.16 bits per heavy atom. The summed E-state index contributed by atoms with van der Waals surface area (Å²) in [5, 5.41) is 4.06.